The van der Waals surface area contributed by atoms with E-state index in [1.165, 1.54) is 6.07 Å². The molecule has 2 saturated heterocycles. The van der Waals surface area contributed by atoms with E-state index in [1.807, 2.05) is 4.90 Å². The normalized spacial score (nSPS) is 30.5. The Morgan fingerprint density at radius 1 is 1.18 bits per heavy atom. The Morgan fingerprint density at radius 3 is 2.59 bits per heavy atom. The maximum Gasteiger partial charge on any atom is 0.417 e. The molecule has 184 valence electrons. The molecule has 9 heteroatoms. The fourth-order valence-corrected chi connectivity index (χ4v) is 5.62. The highest BCUT2D eigenvalue weighted by atomic mass is 19.4. The minimum atomic E-state index is -4.50. The first-order valence-corrected chi connectivity index (χ1v) is 11.9. The molecular formula is C25H32F3N5O. The number of hydrogen-bond donors (Lipinski definition) is 1. The molecule has 1 saturated carbocycles. The summed E-state index contributed by atoms with van der Waals surface area (Å²) in [5.41, 5.74) is -0.963. The van der Waals surface area contributed by atoms with Gasteiger partial charge in [-0.3, -0.25) is 4.98 Å². The smallest absolute Gasteiger partial charge is 0.381 e. The van der Waals surface area contributed by atoms with Crippen LogP contribution < -0.4 is 5.32 Å². The fraction of sp³-hybridized carbons (Fsp3) is 0.640. The molecule has 34 heavy (non-hydrogen) atoms. The van der Waals surface area contributed by atoms with Crippen LogP contribution in [0.15, 0.2) is 30.6 Å². The molecule has 5 rings (SSSR count). The number of ether oxygens (including phenoxy) is 1. The van der Waals surface area contributed by atoms with E-state index in [-0.39, 0.29) is 28.6 Å². The second kappa shape index (κ2) is 9.07. The first-order valence-electron chi connectivity index (χ1n) is 12.9. The van der Waals surface area contributed by atoms with Gasteiger partial charge in [-0.1, -0.05) is 13.8 Å². The van der Waals surface area contributed by atoms with E-state index < -0.39 is 18.2 Å². The molecule has 4 heterocycles. The Bertz CT molecular complexity index is 1070. The Kier molecular flexibility index (Phi) is 5.62. The van der Waals surface area contributed by atoms with Gasteiger partial charge < -0.3 is 15.0 Å². The zero-order valence-corrected chi connectivity index (χ0v) is 19.5. The molecule has 3 aliphatic rings. The zero-order valence-electron chi connectivity index (χ0n) is 21.5. The number of nitrogens with zero attached hydrogens (tertiary/aromatic N) is 4. The Balaban J connectivity index is 1.20. The first-order chi connectivity index (χ1) is 16.9. The van der Waals surface area contributed by atoms with Crippen LogP contribution in [-0.2, 0) is 10.9 Å². The molecule has 0 amide bonds. The topological polar surface area (TPSA) is 63.2 Å². The van der Waals surface area contributed by atoms with Gasteiger partial charge in [0.25, 0.3) is 0 Å². The van der Waals surface area contributed by atoms with Crippen LogP contribution >= 0.6 is 0 Å². The molecule has 6 nitrogen and oxygen atoms in total. The largest absolute Gasteiger partial charge is 0.417 e. The maximum absolute atomic E-state index is 13.3. The summed E-state index contributed by atoms with van der Waals surface area (Å²) in [6.07, 6.45) is 0.307. The number of alkyl halides is 3. The van der Waals surface area contributed by atoms with Crippen molar-refractivity contribution in [3.8, 4) is 11.3 Å². The van der Waals surface area contributed by atoms with Gasteiger partial charge in [-0.15, -0.1) is 10.2 Å². The third kappa shape index (κ3) is 4.91. The molecule has 2 aromatic heterocycles. The lowest BCUT2D eigenvalue weighted by molar-refractivity contribution is -0.137. The lowest BCUT2D eigenvalue weighted by atomic mass is 9.76. The standard InChI is InChI=1S/C25H32F3N5O/c1-24(2)15-34-8-6-18(24)14-33-12-16-9-19(10-17(16)13-33)30-23-4-3-22(31-32-23)20-11-29-7-5-21(20)25(26,27)28/h3-5,7,11,16-19H,6,8-10,12-15H2,1-2H3,(H,30,32)/i14D2. The molecule has 2 aromatic rings. The zero-order chi connectivity index (χ0) is 25.7. The summed E-state index contributed by atoms with van der Waals surface area (Å²) >= 11 is 0. The third-order valence-corrected chi connectivity index (χ3v) is 7.48. The van der Waals surface area contributed by atoms with E-state index in [0.29, 0.717) is 30.9 Å². The second-order valence-electron chi connectivity index (χ2n) is 10.5. The minimum absolute atomic E-state index is 0.0713. The Labute approximate surface area is 201 Å². The average Bonchev–Trinajstić information content (AvgIpc) is 3.38. The van der Waals surface area contributed by atoms with Gasteiger partial charge in [-0.25, -0.2) is 0 Å². The van der Waals surface area contributed by atoms with E-state index in [0.717, 1.165) is 50.8 Å². The molecule has 0 bridgehead atoms. The number of nitrogens with one attached hydrogen (secondary N) is 1. The van der Waals surface area contributed by atoms with Gasteiger partial charge in [0.05, 0.1) is 17.9 Å². The number of likely N-dealkylation sites (tertiary alicyclic amines) is 1. The molecule has 0 aromatic carbocycles. The SMILES string of the molecule is [2H]C([2H])(C1CCOCC1(C)C)N1CC2CC(Nc3ccc(-c4cnccc4C(F)(F)F)nn3)CC2C1. The highest BCUT2D eigenvalue weighted by Crippen LogP contribution is 2.42. The summed E-state index contributed by atoms with van der Waals surface area (Å²) in [6, 6.07) is 4.30. The summed E-state index contributed by atoms with van der Waals surface area (Å²) < 4.78 is 63.5. The van der Waals surface area contributed by atoms with Crippen molar-refractivity contribution < 1.29 is 20.6 Å². The van der Waals surface area contributed by atoms with Gasteiger partial charge in [0.1, 0.15) is 5.82 Å². The molecule has 1 aliphatic carbocycles. The molecule has 3 atom stereocenters. The Morgan fingerprint density at radius 2 is 1.94 bits per heavy atom. The van der Waals surface area contributed by atoms with Crippen LogP contribution in [0.3, 0.4) is 0 Å². The van der Waals surface area contributed by atoms with Gasteiger partial charge in [-0.05, 0) is 60.6 Å². The lowest BCUT2D eigenvalue weighted by Crippen LogP contribution is -2.42. The van der Waals surface area contributed by atoms with E-state index in [2.05, 4.69) is 34.3 Å². The monoisotopic (exact) mass is 477 g/mol. The van der Waals surface area contributed by atoms with Crippen molar-refractivity contribution in [1.82, 2.24) is 20.1 Å². The van der Waals surface area contributed by atoms with Crippen LogP contribution in [0.25, 0.3) is 11.3 Å². The lowest BCUT2D eigenvalue weighted by Gasteiger charge is -2.40. The first kappa shape index (κ1) is 21.1. The van der Waals surface area contributed by atoms with Crippen LogP contribution in [0.4, 0.5) is 19.0 Å². The summed E-state index contributed by atoms with van der Waals surface area (Å²) in [4.78, 5) is 5.85. The number of hydrogen-bond acceptors (Lipinski definition) is 6. The van der Waals surface area contributed by atoms with Gasteiger partial charge in [0.15, 0.2) is 0 Å². The fourth-order valence-electron chi connectivity index (χ4n) is 5.62. The number of pyridine rings is 1. The quantitative estimate of drug-likeness (QED) is 0.671. The van der Waals surface area contributed by atoms with Gasteiger partial charge in [-0.2, -0.15) is 13.2 Å². The molecule has 0 spiro atoms. The van der Waals surface area contributed by atoms with E-state index >= 15 is 0 Å². The number of rotatable bonds is 5. The maximum atomic E-state index is 13.3. The second-order valence-corrected chi connectivity index (χ2v) is 10.5. The van der Waals surface area contributed by atoms with Crippen molar-refractivity contribution in [2.75, 3.05) is 38.1 Å². The van der Waals surface area contributed by atoms with Gasteiger partial charge in [0.2, 0.25) is 0 Å². The molecule has 1 N–H and O–H groups in total. The van der Waals surface area contributed by atoms with Crippen molar-refractivity contribution in [2.24, 2.45) is 23.2 Å². The van der Waals surface area contributed by atoms with Crippen LogP contribution in [0, 0.1) is 23.2 Å². The predicted octanol–water partition coefficient (Wildman–Crippen LogP) is 4.74. The van der Waals surface area contributed by atoms with Crippen LogP contribution in [0.1, 0.15) is 41.4 Å². The highest BCUT2D eigenvalue weighted by Gasteiger charge is 2.43. The summed E-state index contributed by atoms with van der Waals surface area (Å²) in [7, 11) is 0. The van der Waals surface area contributed by atoms with Crippen LogP contribution in [-0.4, -0.2) is 58.9 Å². The van der Waals surface area contributed by atoms with Crippen molar-refractivity contribution in [2.45, 2.75) is 45.3 Å². The van der Waals surface area contributed by atoms with Gasteiger partial charge >= 0.3 is 6.18 Å². The van der Waals surface area contributed by atoms with E-state index in [4.69, 9.17) is 7.48 Å². The molecule has 2 aliphatic heterocycles. The van der Waals surface area contributed by atoms with Crippen molar-refractivity contribution in [3.05, 3.63) is 36.2 Å². The van der Waals surface area contributed by atoms with E-state index in [1.54, 1.807) is 6.07 Å². The molecular weight excluding hydrogens is 443 g/mol. The third-order valence-electron chi connectivity index (χ3n) is 7.48. The number of halogens is 3. The molecule has 0 radical (unpaired) electrons. The number of fused-ring (bicyclic) bond motifs is 1. The van der Waals surface area contributed by atoms with Crippen molar-refractivity contribution in [3.63, 3.8) is 0 Å². The Hall–Kier alpha value is -2.26. The number of aromatic nitrogens is 3. The minimum Gasteiger partial charge on any atom is -0.381 e. The average molecular weight is 478 g/mol. The van der Waals surface area contributed by atoms with Crippen molar-refractivity contribution >= 4 is 5.82 Å². The summed E-state index contributed by atoms with van der Waals surface area (Å²) in [5.74, 6) is 1.25. The number of anilines is 1. The van der Waals surface area contributed by atoms with Crippen molar-refractivity contribution in [1.29, 1.82) is 0 Å². The predicted molar refractivity (Wildman–Crippen MR) is 123 cm³/mol. The summed E-state index contributed by atoms with van der Waals surface area (Å²) in [5, 5.41) is 11.5. The van der Waals surface area contributed by atoms with Gasteiger partial charge in [0, 0.05) is 52.9 Å². The van der Waals surface area contributed by atoms with Crippen LogP contribution in [0.2, 0.25) is 0 Å². The molecule has 3 fully saturated rings. The van der Waals surface area contributed by atoms with Crippen LogP contribution in [0.5, 0.6) is 0 Å². The molecule has 3 unspecified atom stereocenters. The van der Waals surface area contributed by atoms with E-state index in [9.17, 15) is 13.2 Å². The highest BCUT2D eigenvalue weighted by molar-refractivity contribution is 5.63. The summed E-state index contributed by atoms with van der Waals surface area (Å²) in [6.45, 7) is 5.47.